The van der Waals surface area contributed by atoms with Crippen LogP contribution in [0, 0.1) is 0 Å². The smallest absolute Gasteiger partial charge is 0.287 e. The van der Waals surface area contributed by atoms with Crippen LogP contribution in [0.3, 0.4) is 0 Å². The van der Waals surface area contributed by atoms with Gasteiger partial charge in [-0.2, -0.15) is 0 Å². The Morgan fingerprint density at radius 1 is 1.07 bits per heavy atom. The molecule has 0 radical (unpaired) electrons. The van der Waals surface area contributed by atoms with E-state index in [2.05, 4.69) is 24.4 Å². The molecule has 0 fully saturated rings. The molecular weight excluding hydrogens is 370 g/mol. The maximum Gasteiger partial charge on any atom is 0.287 e. The van der Waals surface area contributed by atoms with Gasteiger partial charge in [0.1, 0.15) is 5.58 Å². The Kier molecular flexibility index (Phi) is 5.08. The number of amides is 1. The van der Waals surface area contributed by atoms with Crippen LogP contribution in [0.15, 0.2) is 81.3 Å². The van der Waals surface area contributed by atoms with E-state index in [1.54, 1.807) is 35.6 Å². The molecule has 0 saturated carbocycles. The molecule has 0 aliphatic heterocycles. The highest BCUT2D eigenvalue weighted by Crippen LogP contribution is 2.27. The molecule has 0 aliphatic carbocycles. The molecule has 0 spiro atoms. The lowest BCUT2D eigenvalue weighted by Gasteiger charge is -2.18. The van der Waals surface area contributed by atoms with Crippen molar-refractivity contribution in [1.82, 2.24) is 5.32 Å². The number of para-hydroxylation sites is 1. The number of nitrogens with one attached hydrogen (secondary N) is 1. The Labute approximate surface area is 166 Å². The molecule has 4 nitrogen and oxygen atoms in total. The first kappa shape index (κ1) is 18.2. The molecule has 2 aromatic heterocycles. The summed E-state index contributed by atoms with van der Waals surface area (Å²) in [6.07, 6.45) is 0.957. The second-order valence-electron chi connectivity index (χ2n) is 6.49. The molecule has 28 heavy (non-hydrogen) atoms. The number of hydrogen-bond donors (Lipinski definition) is 1. The van der Waals surface area contributed by atoms with E-state index < -0.39 is 5.91 Å². The summed E-state index contributed by atoms with van der Waals surface area (Å²) in [6, 6.07) is 20.0. The van der Waals surface area contributed by atoms with Crippen LogP contribution in [0.5, 0.6) is 0 Å². The number of aryl methyl sites for hydroxylation is 1. The second kappa shape index (κ2) is 7.82. The molecule has 5 heteroatoms. The molecule has 4 rings (SSSR count). The normalized spacial score (nSPS) is 12.0. The average molecular weight is 389 g/mol. The Balaban J connectivity index is 1.68. The van der Waals surface area contributed by atoms with E-state index in [1.165, 1.54) is 11.6 Å². The predicted molar refractivity (Wildman–Crippen MR) is 112 cm³/mol. The number of rotatable bonds is 5. The summed E-state index contributed by atoms with van der Waals surface area (Å²) in [6.45, 7) is 2.11. The molecule has 2 aromatic carbocycles. The number of fused-ring (bicyclic) bond motifs is 1. The third-order valence-corrected chi connectivity index (χ3v) is 5.62. The van der Waals surface area contributed by atoms with Gasteiger partial charge in [0, 0.05) is 10.9 Å². The molecule has 4 aromatic rings. The zero-order valence-electron chi connectivity index (χ0n) is 15.3. The van der Waals surface area contributed by atoms with Gasteiger partial charge < -0.3 is 9.73 Å². The maximum absolute atomic E-state index is 12.9. The van der Waals surface area contributed by atoms with E-state index >= 15 is 0 Å². The minimum atomic E-state index is -0.416. The molecule has 0 bridgehead atoms. The average Bonchev–Trinajstić information content (AvgIpc) is 3.26. The van der Waals surface area contributed by atoms with Gasteiger partial charge in [0.2, 0.25) is 0 Å². The van der Waals surface area contributed by atoms with Crippen LogP contribution in [-0.4, -0.2) is 5.91 Å². The summed E-state index contributed by atoms with van der Waals surface area (Å²) in [5.74, 6) is -0.406. The largest absolute Gasteiger partial charge is 0.451 e. The van der Waals surface area contributed by atoms with Crippen molar-refractivity contribution < 1.29 is 9.21 Å². The van der Waals surface area contributed by atoms with Crippen molar-refractivity contribution in [3.05, 3.63) is 104 Å². The topological polar surface area (TPSA) is 59.3 Å². The maximum atomic E-state index is 12.9. The third-order valence-electron chi connectivity index (χ3n) is 4.68. The minimum absolute atomic E-state index is 0.00966. The summed E-state index contributed by atoms with van der Waals surface area (Å²) in [5, 5.41) is 5.46. The molecule has 1 amide bonds. The van der Waals surface area contributed by atoms with Crippen LogP contribution in [0.4, 0.5) is 0 Å². The minimum Gasteiger partial charge on any atom is -0.451 e. The monoisotopic (exact) mass is 389 g/mol. The van der Waals surface area contributed by atoms with E-state index in [9.17, 15) is 9.59 Å². The molecule has 140 valence electrons. The quantitative estimate of drug-likeness (QED) is 0.526. The van der Waals surface area contributed by atoms with Crippen LogP contribution >= 0.6 is 11.3 Å². The van der Waals surface area contributed by atoms with Crippen LogP contribution in [0.2, 0.25) is 0 Å². The first-order chi connectivity index (χ1) is 13.7. The van der Waals surface area contributed by atoms with Gasteiger partial charge in [0.05, 0.1) is 11.4 Å². The molecular formula is C23H19NO3S. The molecule has 1 atom stereocenters. The van der Waals surface area contributed by atoms with Gasteiger partial charge in [-0.1, -0.05) is 49.4 Å². The summed E-state index contributed by atoms with van der Waals surface area (Å²) in [4.78, 5) is 26.2. The Morgan fingerprint density at radius 3 is 2.57 bits per heavy atom. The van der Waals surface area contributed by atoms with Gasteiger partial charge in [-0.3, -0.25) is 9.59 Å². The van der Waals surface area contributed by atoms with Gasteiger partial charge in [0.25, 0.3) is 5.91 Å². The van der Waals surface area contributed by atoms with E-state index in [4.69, 9.17) is 4.42 Å². The lowest BCUT2D eigenvalue weighted by Crippen LogP contribution is -2.29. The SMILES string of the molecule is CCc1ccc([C@H](NC(=O)c2cc(=O)c3ccccc3o2)c2cccs2)cc1. The highest BCUT2D eigenvalue weighted by Gasteiger charge is 2.21. The van der Waals surface area contributed by atoms with Crippen LogP contribution < -0.4 is 10.7 Å². The number of benzene rings is 2. The number of carbonyl (C=O) groups excluding carboxylic acids is 1. The van der Waals surface area contributed by atoms with Crippen LogP contribution in [0.1, 0.15) is 39.5 Å². The predicted octanol–water partition coefficient (Wildman–Crippen LogP) is 4.94. The lowest BCUT2D eigenvalue weighted by atomic mass is 10.0. The Hall–Kier alpha value is -3.18. The van der Waals surface area contributed by atoms with Crippen molar-refractivity contribution >= 4 is 28.2 Å². The third kappa shape index (κ3) is 3.62. The van der Waals surface area contributed by atoms with Crippen molar-refractivity contribution in [1.29, 1.82) is 0 Å². The second-order valence-corrected chi connectivity index (χ2v) is 7.47. The zero-order chi connectivity index (χ0) is 19.5. The fourth-order valence-corrected chi connectivity index (χ4v) is 3.94. The van der Waals surface area contributed by atoms with Crippen molar-refractivity contribution in [3.8, 4) is 0 Å². The molecule has 2 heterocycles. The van der Waals surface area contributed by atoms with Gasteiger partial charge in [0.15, 0.2) is 11.2 Å². The first-order valence-electron chi connectivity index (χ1n) is 9.11. The number of thiophene rings is 1. The Morgan fingerprint density at radius 2 is 1.86 bits per heavy atom. The first-order valence-corrected chi connectivity index (χ1v) is 9.99. The lowest BCUT2D eigenvalue weighted by molar-refractivity contribution is 0.0916. The van der Waals surface area contributed by atoms with Gasteiger partial charge in [-0.05, 0) is 41.1 Å². The van der Waals surface area contributed by atoms with Gasteiger partial charge in [-0.15, -0.1) is 11.3 Å². The van der Waals surface area contributed by atoms with Gasteiger partial charge >= 0.3 is 0 Å². The van der Waals surface area contributed by atoms with Crippen molar-refractivity contribution in [3.63, 3.8) is 0 Å². The van der Waals surface area contributed by atoms with E-state index in [0.29, 0.717) is 11.0 Å². The van der Waals surface area contributed by atoms with Crippen molar-refractivity contribution in [2.45, 2.75) is 19.4 Å². The summed E-state index contributed by atoms with van der Waals surface area (Å²) in [7, 11) is 0. The van der Waals surface area contributed by atoms with Crippen molar-refractivity contribution in [2.75, 3.05) is 0 Å². The number of hydrogen-bond acceptors (Lipinski definition) is 4. The zero-order valence-corrected chi connectivity index (χ0v) is 16.2. The van der Waals surface area contributed by atoms with Gasteiger partial charge in [-0.25, -0.2) is 0 Å². The fraction of sp³-hybridized carbons (Fsp3) is 0.130. The molecule has 1 N–H and O–H groups in total. The highest BCUT2D eigenvalue weighted by atomic mass is 32.1. The van der Waals surface area contributed by atoms with E-state index in [0.717, 1.165) is 16.9 Å². The molecule has 0 aliphatic rings. The van der Waals surface area contributed by atoms with Crippen LogP contribution in [0.25, 0.3) is 11.0 Å². The van der Waals surface area contributed by atoms with Crippen LogP contribution in [-0.2, 0) is 6.42 Å². The Bertz CT molecular complexity index is 1160. The van der Waals surface area contributed by atoms with Crippen molar-refractivity contribution in [2.24, 2.45) is 0 Å². The highest BCUT2D eigenvalue weighted by molar-refractivity contribution is 7.10. The van der Waals surface area contributed by atoms with E-state index in [-0.39, 0.29) is 17.2 Å². The van der Waals surface area contributed by atoms with E-state index in [1.807, 2.05) is 29.6 Å². The fourth-order valence-electron chi connectivity index (χ4n) is 3.14. The number of carbonyl (C=O) groups is 1. The molecule has 0 saturated heterocycles. The standard InChI is InChI=1S/C23H19NO3S/c1-2-15-9-11-16(12-10-15)22(21-8-5-13-28-21)24-23(26)20-14-18(25)17-6-3-4-7-19(17)27-20/h3-14,22H,2H2,1H3,(H,24,26)/t22-/m0/s1. The summed E-state index contributed by atoms with van der Waals surface area (Å²) >= 11 is 1.57. The summed E-state index contributed by atoms with van der Waals surface area (Å²) < 4.78 is 5.69. The molecule has 0 unspecified atom stereocenters. The summed E-state index contributed by atoms with van der Waals surface area (Å²) in [5.41, 5.74) is 2.39.